The molecule has 3 aromatic rings. The van der Waals surface area contributed by atoms with Crippen molar-refractivity contribution in [1.82, 2.24) is 9.97 Å². The molecule has 0 unspecified atom stereocenters. The largest absolute Gasteiger partial charge is 0.482 e. The molecule has 0 saturated carbocycles. The van der Waals surface area contributed by atoms with Crippen LogP contribution in [0.4, 0.5) is 0 Å². The molecule has 0 saturated heterocycles. The third kappa shape index (κ3) is 3.70. The van der Waals surface area contributed by atoms with E-state index < -0.39 is 5.97 Å². The number of H-pyrrole nitrogens is 1. The SMILES string of the molecule is Cc1cc(Cl)ccc1OCC(=O)OCc1nc2sc3c(c2c(=O)[nH]1)CCC3. The van der Waals surface area contributed by atoms with Gasteiger partial charge in [0, 0.05) is 9.90 Å². The van der Waals surface area contributed by atoms with Crippen LogP contribution in [0.15, 0.2) is 23.0 Å². The number of rotatable bonds is 5. The lowest BCUT2D eigenvalue weighted by molar-refractivity contribution is -0.147. The van der Waals surface area contributed by atoms with E-state index in [1.54, 1.807) is 29.5 Å². The molecule has 0 amide bonds. The van der Waals surface area contributed by atoms with Gasteiger partial charge in [-0.2, -0.15) is 0 Å². The number of thiophene rings is 1. The molecule has 0 fully saturated rings. The summed E-state index contributed by atoms with van der Waals surface area (Å²) in [7, 11) is 0. The number of hydrogen-bond acceptors (Lipinski definition) is 6. The Bertz CT molecular complexity index is 1090. The molecule has 140 valence electrons. The first kappa shape index (κ1) is 18.0. The highest BCUT2D eigenvalue weighted by Crippen LogP contribution is 2.34. The Kier molecular flexibility index (Phi) is 4.88. The predicted molar refractivity (Wildman–Crippen MR) is 104 cm³/mol. The van der Waals surface area contributed by atoms with Crippen LogP contribution in [-0.2, 0) is 29.0 Å². The van der Waals surface area contributed by atoms with E-state index in [1.807, 2.05) is 6.92 Å². The highest BCUT2D eigenvalue weighted by atomic mass is 35.5. The quantitative estimate of drug-likeness (QED) is 0.657. The fourth-order valence-electron chi connectivity index (χ4n) is 3.22. The molecule has 1 aliphatic carbocycles. The van der Waals surface area contributed by atoms with Crippen molar-refractivity contribution in [3.8, 4) is 5.75 Å². The van der Waals surface area contributed by atoms with Crippen LogP contribution in [0.25, 0.3) is 10.2 Å². The van der Waals surface area contributed by atoms with Crippen LogP contribution < -0.4 is 10.3 Å². The average molecular weight is 405 g/mol. The molecule has 4 rings (SSSR count). The maximum atomic E-state index is 12.4. The standard InChI is InChI=1S/C19H17ClN2O4S/c1-10-7-11(20)5-6-13(10)25-9-16(23)26-8-15-21-18(24)17-12-3-2-4-14(12)27-19(17)22-15/h5-7H,2-4,8-9H2,1H3,(H,21,22,24). The van der Waals surface area contributed by atoms with Crippen molar-refractivity contribution in [2.45, 2.75) is 32.8 Å². The number of aromatic nitrogens is 2. The van der Waals surface area contributed by atoms with E-state index in [4.69, 9.17) is 21.1 Å². The summed E-state index contributed by atoms with van der Waals surface area (Å²) in [5, 5.41) is 1.29. The number of carbonyl (C=O) groups excluding carboxylic acids is 1. The normalized spacial score (nSPS) is 13.0. The van der Waals surface area contributed by atoms with E-state index >= 15 is 0 Å². The second kappa shape index (κ2) is 7.32. The molecule has 2 heterocycles. The summed E-state index contributed by atoms with van der Waals surface area (Å²) >= 11 is 7.45. The van der Waals surface area contributed by atoms with Gasteiger partial charge in [-0.25, -0.2) is 9.78 Å². The third-order valence-corrected chi connectivity index (χ3v) is 5.90. The zero-order valence-corrected chi connectivity index (χ0v) is 16.2. The van der Waals surface area contributed by atoms with Gasteiger partial charge in [-0.15, -0.1) is 11.3 Å². The summed E-state index contributed by atoms with van der Waals surface area (Å²) < 4.78 is 10.6. The van der Waals surface area contributed by atoms with Crippen molar-refractivity contribution in [2.24, 2.45) is 0 Å². The number of aryl methyl sites for hydroxylation is 3. The third-order valence-electron chi connectivity index (χ3n) is 4.48. The van der Waals surface area contributed by atoms with Gasteiger partial charge >= 0.3 is 5.97 Å². The number of esters is 1. The number of aromatic amines is 1. The average Bonchev–Trinajstić information content (AvgIpc) is 3.19. The first-order valence-electron chi connectivity index (χ1n) is 8.59. The molecule has 0 radical (unpaired) electrons. The van der Waals surface area contributed by atoms with Crippen LogP contribution >= 0.6 is 22.9 Å². The Labute approximate surface area is 164 Å². The van der Waals surface area contributed by atoms with Gasteiger partial charge in [0.1, 0.15) is 23.0 Å². The summed E-state index contributed by atoms with van der Waals surface area (Å²) in [4.78, 5) is 33.4. The van der Waals surface area contributed by atoms with Gasteiger partial charge in [-0.1, -0.05) is 11.6 Å². The highest BCUT2D eigenvalue weighted by Gasteiger charge is 2.21. The topological polar surface area (TPSA) is 81.3 Å². The van der Waals surface area contributed by atoms with Crippen molar-refractivity contribution in [1.29, 1.82) is 0 Å². The Morgan fingerprint density at radius 1 is 1.37 bits per heavy atom. The lowest BCUT2D eigenvalue weighted by Gasteiger charge is -2.09. The van der Waals surface area contributed by atoms with E-state index in [1.165, 1.54) is 4.88 Å². The minimum absolute atomic E-state index is 0.102. The second-order valence-corrected chi connectivity index (χ2v) is 7.93. The lowest BCUT2D eigenvalue weighted by atomic mass is 10.2. The van der Waals surface area contributed by atoms with Gasteiger partial charge < -0.3 is 14.5 Å². The number of nitrogens with one attached hydrogen (secondary N) is 1. The maximum absolute atomic E-state index is 12.4. The van der Waals surface area contributed by atoms with Crippen molar-refractivity contribution < 1.29 is 14.3 Å². The van der Waals surface area contributed by atoms with Crippen LogP contribution in [0.5, 0.6) is 5.75 Å². The van der Waals surface area contributed by atoms with E-state index in [0.29, 0.717) is 26.8 Å². The highest BCUT2D eigenvalue weighted by molar-refractivity contribution is 7.18. The van der Waals surface area contributed by atoms with Crippen LogP contribution in [0, 0.1) is 6.92 Å². The Morgan fingerprint density at radius 2 is 2.22 bits per heavy atom. The van der Waals surface area contributed by atoms with Gasteiger partial charge in [0.2, 0.25) is 0 Å². The Morgan fingerprint density at radius 3 is 3.04 bits per heavy atom. The maximum Gasteiger partial charge on any atom is 0.344 e. The van der Waals surface area contributed by atoms with Crippen molar-refractivity contribution in [2.75, 3.05) is 6.61 Å². The van der Waals surface area contributed by atoms with Crippen LogP contribution in [0.3, 0.4) is 0 Å². The minimum Gasteiger partial charge on any atom is -0.482 e. The zero-order chi connectivity index (χ0) is 19.0. The van der Waals surface area contributed by atoms with E-state index in [0.717, 1.165) is 30.4 Å². The van der Waals surface area contributed by atoms with Crippen molar-refractivity contribution in [3.63, 3.8) is 0 Å². The molecule has 1 aliphatic rings. The molecule has 27 heavy (non-hydrogen) atoms. The van der Waals surface area contributed by atoms with Crippen LogP contribution in [0.1, 0.15) is 28.2 Å². The summed E-state index contributed by atoms with van der Waals surface area (Å²) in [6.45, 7) is 1.51. The van der Waals surface area contributed by atoms with Gasteiger partial charge in [-0.05, 0) is 55.5 Å². The number of benzene rings is 1. The number of nitrogens with zero attached hydrogens (tertiary/aromatic N) is 1. The number of fused-ring (bicyclic) bond motifs is 3. The second-order valence-electron chi connectivity index (χ2n) is 6.41. The molecular formula is C19H17ClN2O4S. The van der Waals surface area contributed by atoms with E-state index in [-0.39, 0.29) is 18.8 Å². The van der Waals surface area contributed by atoms with Crippen LogP contribution in [0.2, 0.25) is 5.02 Å². The van der Waals surface area contributed by atoms with E-state index in [9.17, 15) is 9.59 Å². The number of carbonyl (C=O) groups is 1. The van der Waals surface area contributed by atoms with Crippen molar-refractivity contribution >= 4 is 39.1 Å². The molecule has 0 spiro atoms. The molecule has 1 N–H and O–H groups in total. The number of hydrogen-bond donors (Lipinski definition) is 1. The predicted octanol–water partition coefficient (Wildman–Crippen LogP) is 3.56. The molecule has 8 heteroatoms. The molecule has 0 bridgehead atoms. The number of halogens is 1. The fourth-order valence-corrected chi connectivity index (χ4v) is 4.72. The van der Waals surface area contributed by atoms with Gasteiger partial charge in [0.05, 0.1) is 5.39 Å². The number of ether oxygens (including phenoxy) is 2. The molecule has 6 nitrogen and oxygen atoms in total. The monoisotopic (exact) mass is 404 g/mol. The molecule has 0 aliphatic heterocycles. The first-order valence-corrected chi connectivity index (χ1v) is 9.78. The molecular weight excluding hydrogens is 388 g/mol. The summed E-state index contributed by atoms with van der Waals surface area (Å²) in [5.41, 5.74) is 1.79. The lowest BCUT2D eigenvalue weighted by Crippen LogP contribution is -2.18. The Hall–Kier alpha value is -2.38. The molecule has 2 aromatic heterocycles. The van der Waals surface area contributed by atoms with E-state index in [2.05, 4.69) is 9.97 Å². The Balaban J connectivity index is 1.39. The van der Waals surface area contributed by atoms with Crippen molar-refractivity contribution in [3.05, 3.63) is 55.4 Å². The van der Waals surface area contributed by atoms with Gasteiger partial charge in [-0.3, -0.25) is 4.79 Å². The minimum atomic E-state index is -0.541. The molecule has 1 aromatic carbocycles. The summed E-state index contributed by atoms with van der Waals surface area (Å²) in [6, 6.07) is 5.15. The fraction of sp³-hybridized carbons (Fsp3) is 0.316. The summed E-state index contributed by atoms with van der Waals surface area (Å²) in [5.74, 6) is 0.363. The first-order chi connectivity index (χ1) is 13.0. The molecule has 0 atom stereocenters. The van der Waals surface area contributed by atoms with Crippen LogP contribution in [-0.4, -0.2) is 22.5 Å². The van der Waals surface area contributed by atoms with Gasteiger partial charge in [0.15, 0.2) is 6.61 Å². The summed E-state index contributed by atoms with van der Waals surface area (Å²) in [6.07, 6.45) is 3.01. The van der Waals surface area contributed by atoms with Gasteiger partial charge in [0.25, 0.3) is 5.56 Å². The zero-order valence-electron chi connectivity index (χ0n) is 14.6. The smallest absolute Gasteiger partial charge is 0.344 e.